The smallest absolute Gasteiger partial charge is 0.269 e. The van der Waals surface area contributed by atoms with Crippen molar-refractivity contribution in [2.45, 2.75) is 19.8 Å². The van der Waals surface area contributed by atoms with Gasteiger partial charge >= 0.3 is 0 Å². The second-order valence-electron chi connectivity index (χ2n) is 5.85. The molecular formula is C20H20N4O4S. The van der Waals surface area contributed by atoms with Gasteiger partial charge in [0.15, 0.2) is 0 Å². The fraction of sp³-hybridized carbons (Fsp3) is 0.250. The molecule has 0 saturated carbocycles. The highest BCUT2D eigenvalue weighted by Gasteiger charge is 2.33. The van der Waals surface area contributed by atoms with E-state index in [4.69, 9.17) is 6.42 Å². The lowest BCUT2D eigenvalue weighted by Gasteiger charge is -2.11. The molecule has 1 aliphatic rings. The third-order valence-electron chi connectivity index (χ3n) is 3.86. The molecule has 3 N–H and O–H groups in total. The number of thioether (sulfide) groups is 1. The van der Waals surface area contributed by atoms with E-state index in [2.05, 4.69) is 26.8 Å². The minimum atomic E-state index is -0.530. The average Bonchev–Trinajstić information content (AvgIpc) is 3.17. The Hall–Kier alpha value is -3.38. The molecule has 0 aromatic carbocycles. The summed E-state index contributed by atoms with van der Waals surface area (Å²) in [7, 11) is 1.42. The number of H-pyrrole nitrogens is 1. The van der Waals surface area contributed by atoms with Gasteiger partial charge in [0, 0.05) is 19.5 Å². The molecule has 0 saturated heterocycles. The molecule has 0 radical (unpaired) electrons. The quantitative estimate of drug-likeness (QED) is 0.340. The van der Waals surface area contributed by atoms with E-state index in [0.717, 1.165) is 11.8 Å². The van der Waals surface area contributed by atoms with Crippen molar-refractivity contribution in [3.63, 3.8) is 0 Å². The van der Waals surface area contributed by atoms with Gasteiger partial charge in [-0.2, -0.15) is 5.10 Å². The van der Waals surface area contributed by atoms with Crippen molar-refractivity contribution < 1.29 is 19.2 Å². The van der Waals surface area contributed by atoms with Crippen LogP contribution < -0.4 is 10.6 Å². The first-order chi connectivity index (χ1) is 13.9. The number of fused-ring (bicyclic) bond motifs is 1. The summed E-state index contributed by atoms with van der Waals surface area (Å²) in [5.74, 6) is 1.17. The van der Waals surface area contributed by atoms with Crippen molar-refractivity contribution in [1.29, 1.82) is 0 Å². The van der Waals surface area contributed by atoms with Crippen LogP contribution >= 0.6 is 11.8 Å². The second kappa shape index (κ2) is 10.2. The Bertz CT molecular complexity index is 979. The summed E-state index contributed by atoms with van der Waals surface area (Å²) >= 11 is 1.16. The Balaban J connectivity index is 1.94. The van der Waals surface area contributed by atoms with Gasteiger partial charge in [-0.1, -0.05) is 18.1 Å². The number of rotatable bonds is 8. The third kappa shape index (κ3) is 5.33. The summed E-state index contributed by atoms with van der Waals surface area (Å²) < 4.78 is 0. The van der Waals surface area contributed by atoms with Crippen LogP contribution in [-0.4, -0.2) is 46.4 Å². The van der Waals surface area contributed by atoms with Crippen LogP contribution in [0.5, 0.6) is 0 Å². The Morgan fingerprint density at radius 3 is 2.79 bits per heavy atom. The molecule has 0 bridgehead atoms. The van der Waals surface area contributed by atoms with E-state index in [0.29, 0.717) is 17.9 Å². The summed E-state index contributed by atoms with van der Waals surface area (Å²) in [5.41, 5.74) is 0.240. The van der Waals surface area contributed by atoms with E-state index in [-0.39, 0.29) is 34.2 Å². The molecule has 2 amide bonds. The fourth-order valence-electron chi connectivity index (χ4n) is 2.46. The standard InChI is InChI=1S/C20H20N4O4S/c1-4-6-8-12(5-2)22-15(26)9-7-10-29-14-11-13(25)17-16(19(14)27)18(24-23-17)20(28)21-3/h2,4,6,8,11H,7,9-10H2,1,3H3,(H,21,28)(H,22,26)(H,23,24). The average molecular weight is 412 g/mol. The van der Waals surface area contributed by atoms with E-state index in [9.17, 15) is 19.2 Å². The van der Waals surface area contributed by atoms with Gasteiger partial charge in [-0.3, -0.25) is 24.3 Å². The van der Waals surface area contributed by atoms with Crippen LogP contribution in [0.1, 0.15) is 51.1 Å². The van der Waals surface area contributed by atoms with Crippen LogP contribution in [0.2, 0.25) is 0 Å². The van der Waals surface area contributed by atoms with Crippen molar-refractivity contribution in [1.82, 2.24) is 20.8 Å². The number of aromatic nitrogens is 2. The lowest BCUT2D eigenvalue weighted by Crippen LogP contribution is -2.23. The largest absolute Gasteiger partial charge is 0.354 e. The molecule has 1 aromatic rings. The summed E-state index contributed by atoms with van der Waals surface area (Å²) in [6, 6.07) is 0. The molecular weight excluding hydrogens is 392 g/mol. The number of amides is 2. The molecule has 8 nitrogen and oxygen atoms in total. The zero-order chi connectivity index (χ0) is 21.4. The first kappa shape index (κ1) is 21.9. The molecule has 1 aliphatic carbocycles. The maximum absolute atomic E-state index is 12.7. The number of carbonyl (C=O) groups excluding carboxylic acids is 4. The molecule has 9 heteroatoms. The van der Waals surface area contributed by atoms with Crippen molar-refractivity contribution >= 4 is 35.1 Å². The van der Waals surface area contributed by atoms with Gasteiger partial charge in [0.25, 0.3) is 5.91 Å². The number of ketones is 2. The SMILES string of the molecule is C#CC(=CC=CC)NC(=O)CCCSC1=CC(=O)c2n[nH]c(C(=O)NC)c2C1=O. The number of Topliss-reactive ketones (excluding diaryl/α,β-unsaturated/α-hetero) is 1. The van der Waals surface area contributed by atoms with E-state index in [1.807, 2.05) is 6.92 Å². The van der Waals surface area contributed by atoms with Crippen LogP contribution in [0, 0.1) is 12.3 Å². The predicted octanol–water partition coefficient (Wildman–Crippen LogP) is 1.75. The number of carbonyl (C=O) groups is 4. The summed E-state index contributed by atoms with van der Waals surface area (Å²) in [5, 5.41) is 11.2. The first-order valence-electron chi connectivity index (χ1n) is 8.76. The predicted molar refractivity (Wildman–Crippen MR) is 110 cm³/mol. The number of hydrogen-bond acceptors (Lipinski definition) is 6. The van der Waals surface area contributed by atoms with E-state index in [1.165, 1.54) is 13.1 Å². The van der Waals surface area contributed by atoms with Gasteiger partial charge in [-0.25, -0.2) is 0 Å². The minimum absolute atomic E-state index is 0.0233. The third-order valence-corrected chi connectivity index (χ3v) is 4.96. The highest BCUT2D eigenvalue weighted by Crippen LogP contribution is 2.29. The van der Waals surface area contributed by atoms with E-state index >= 15 is 0 Å². The molecule has 1 aromatic heterocycles. The number of allylic oxidation sites excluding steroid dienone is 6. The normalized spacial score (nSPS) is 13.7. The number of terminal acetylenes is 1. The minimum Gasteiger partial charge on any atom is -0.354 e. The zero-order valence-electron chi connectivity index (χ0n) is 16.0. The highest BCUT2D eigenvalue weighted by atomic mass is 32.2. The topological polar surface area (TPSA) is 121 Å². The fourth-order valence-corrected chi connectivity index (χ4v) is 3.39. The Morgan fingerprint density at radius 2 is 2.14 bits per heavy atom. The monoisotopic (exact) mass is 412 g/mol. The van der Waals surface area contributed by atoms with Gasteiger partial charge in [0.1, 0.15) is 11.4 Å². The first-order valence-corrected chi connectivity index (χ1v) is 9.74. The Morgan fingerprint density at radius 1 is 1.38 bits per heavy atom. The van der Waals surface area contributed by atoms with Gasteiger partial charge in [0.2, 0.25) is 17.5 Å². The second-order valence-corrected chi connectivity index (χ2v) is 6.99. The maximum atomic E-state index is 12.7. The number of hydrogen-bond donors (Lipinski definition) is 3. The Labute approximate surface area is 172 Å². The molecule has 1 heterocycles. The van der Waals surface area contributed by atoms with Crippen LogP contribution in [0.4, 0.5) is 0 Å². The van der Waals surface area contributed by atoms with Crippen molar-refractivity contribution in [2.24, 2.45) is 0 Å². The molecule has 0 unspecified atom stereocenters. The molecule has 150 valence electrons. The van der Waals surface area contributed by atoms with Crippen LogP contribution in [-0.2, 0) is 4.79 Å². The van der Waals surface area contributed by atoms with Crippen LogP contribution in [0.3, 0.4) is 0 Å². The number of nitrogens with one attached hydrogen (secondary N) is 3. The van der Waals surface area contributed by atoms with Gasteiger partial charge in [-0.05, 0) is 25.2 Å². The molecule has 29 heavy (non-hydrogen) atoms. The molecule has 0 fully saturated rings. The van der Waals surface area contributed by atoms with Gasteiger partial charge in [-0.15, -0.1) is 18.2 Å². The highest BCUT2D eigenvalue weighted by molar-refractivity contribution is 8.04. The maximum Gasteiger partial charge on any atom is 0.269 e. The van der Waals surface area contributed by atoms with Gasteiger partial charge < -0.3 is 10.6 Å². The number of nitrogens with zero attached hydrogens (tertiary/aromatic N) is 1. The van der Waals surface area contributed by atoms with Crippen molar-refractivity contribution in [3.8, 4) is 12.3 Å². The molecule has 2 rings (SSSR count). The van der Waals surface area contributed by atoms with Crippen LogP contribution in [0.15, 0.2) is 34.9 Å². The van der Waals surface area contributed by atoms with E-state index < -0.39 is 17.5 Å². The molecule has 0 aliphatic heterocycles. The zero-order valence-corrected chi connectivity index (χ0v) is 16.8. The van der Waals surface area contributed by atoms with Gasteiger partial charge in [0.05, 0.1) is 16.2 Å². The number of aromatic amines is 1. The Kier molecular flexibility index (Phi) is 7.74. The lowest BCUT2D eigenvalue weighted by atomic mass is 9.99. The van der Waals surface area contributed by atoms with Crippen molar-refractivity contribution in [3.05, 3.63) is 51.9 Å². The summed E-state index contributed by atoms with van der Waals surface area (Å²) in [6.45, 7) is 1.83. The molecule has 0 spiro atoms. The molecule has 0 atom stereocenters. The van der Waals surface area contributed by atoms with Crippen molar-refractivity contribution in [2.75, 3.05) is 12.8 Å². The summed E-state index contributed by atoms with van der Waals surface area (Å²) in [6.07, 6.45) is 12.3. The van der Waals surface area contributed by atoms with Crippen LogP contribution in [0.25, 0.3) is 0 Å². The van der Waals surface area contributed by atoms with E-state index in [1.54, 1.807) is 18.2 Å². The lowest BCUT2D eigenvalue weighted by molar-refractivity contribution is -0.120. The summed E-state index contributed by atoms with van der Waals surface area (Å²) in [4.78, 5) is 48.9.